The second-order valence-corrected chi connectivity index (χ2v) is 7.40. The number of nitrogens with zero attached hydrogens (tertiary/aromatic N) is 2. The topological polar surface area (TPSA) is 72.0 Å². The summed E-state index contributed by atoms with van der Waals surface area (Å²) in [5, 5.41) is 3.68. The number of Topliss-reactive ketones (excluding diaryl/α,β-unsaturated/α-hetero) is 1. The summed E-state index contributed by atoms with van der Waals surface area (Å²) >= 11 is 1.52. The van der Waals surface area contributed by atoms with E-state index in [1.54, 1.807) is 24.3 Å². The van der Waals surface area contributed by atoms with E-state index >= 15 is 0 Å². The fourth-order valence-electron chi connectivity index (χ4n) is 2.66. The Balaban J connectivity index is 1.57. The normalized spacial score (nSPS) is 10.5. The van der Waals surface area contributed by atoms with Gasteiger partial charge in [-0.15, -0.1) is 11.8 Å². The number of nitrogens with one attached hydrogen (secondary N) is 1. The quantitative estimate of drug-likeness (QED) is 0.357. The Labute approximate surface area is 168 Å². The van der Waals surface area contributed by atoms with Gasteiger partial charge in [0.25, 0.3) is 0 Å². The number of benzene rings is 2. The lowest BCUT2D eigenvalue weighted by Crippen LogP contribution is -2.12. The molecule has 6 heteroatoms. The molecule has 0 radical (unpaired) electrons. The molecule has 2 aromatic carbocycles. The van der Waals surface area contributed by atoms with Crippen LogP contribution in [0.15, 0.2) is 65.7 Å². The molecule has 1 aromatic heterocycles. The zero-order chi connectivity index (χ0) is 19.9. The van der Waals surface area contributed by atoms with Crippen molar-refractivity contribution in [2.75, 3.05) is 11.1 Å². The van der Waals surface area contributed by atoms with Gasteiger partial charge in [-0.25, -0.2) is 9.97 Å². The molecule has 0 atom stereocenters. The third kappa shape index (κ3) is 5.50. The van der Waals surface area contributed by atoms with Crippen LogP contribution < -0.4 is 5.32 Å². The van der Waals surface area contributed by atoms with Crippen molar-refractivity contribution in [1.82, 2.24) is 9.97 Å². The zero-order valence-corrected chi connectivity index (χ0v) is 16.6. The largest absolute Gasteiger partial charge is 0.326 e. The lowest BCUT2D eigenvalue weighted by atomic mass is 10.1. The molecule has 1 heterocycles. The van der Waals surface area contributed by atoms with Crippen LogP contribution in [0.1, 0.15) is 29.5 Å². The number of carbonyl (C=O) groups is 2. The monoisotopic (exact) mass is 391 g/mol. The van der Waals surface area contributed by atoms with Crippen molar-refractivity contribution < 1.29 is 9.59 Å². The van der Waals surface area contributed by atoms with Gasteiger partial charge >= 0.3 is 0 Å². The number of aryl methyl sites for hydroxylation is 1. The first-order chi connectivity index (χ1) is 13.5. The fourth-order valence-corrected chi connectivity index (χ4v) is 3.55. The number of anilines is 1. The van der Waals surface area contributed by atoms with Crippen molar-refractivity contribution in [3.63, 3.8) is 0 Å². The van der Waals surface area contributed by atoms with E-state index in [4.69, 9.17) is 0 Å². The van der Waals surface area contributed by atoms with Crippen LogP contribution in [0.25, 0.3) is 11.3 Å². The van der Waals surface area contributed by atoms with E-state index in [0.717, 1.165) is 16.3 Å². The highest BCUT2D eigenvalue weighted by atomic mass is 32.2. The Kier molecular flexibility index (Phi) is 6.55. The van der Waals surface area contributed by atoms with Crippen LogP contribution in [-0.2, 0) is 4.79 Å². The van der Waals surface area contributed by atoms with Gasteiger partial charge in [-0.2, -0.15) is 0 Å². The summed E-state index contributed by atoms with van der Waals surface area (Å²) in [5.41, 5.74) is 3.13. The first-order valence-electron chi connectivity index (χ1n) is 8.96. The molecule has 5 nitrogen and oxygen atoms in total. The third-order valence-corrected chi connectivity index (χ3v) is 4.93. The summed E-state index contributed by atoms with van der Waals surface area (Å²) < 4.78 is 0. The van der Waals surface area contributed by atoms with Gasteiger partial charge < -0.3 is 5.32 Å². The van der Waals surface area contributed by atoms with Crippen molar-refractivity contribution in [3.05, 3.63) is 72.1 Å². The summed E-state index contributed by atoms with van der Waals surface area (Å²) in [4.78, 5) is 32.6. The van der Waals surface area contributed by atoms with E-state index in [1.165, 1.54) is 18.7 Å². The molecule has 0 aliphatic heterocycles. The summed E-state index contributed by atoms with van der Waals surface area (Å²) in [6, 6.07) is 18.9. The van der Waals surface area contributed by atoms with E-state index in [9.17, 15) is 9.59 Å². The maximum atomic E-state index is 12.2. The molecule has 28 heavy (non-hydrogen) atoms. The molecule has 0 fully saturated rings. The summed E-state index contributed by atoms with van der Waals surface area (Å²) in [6.45, 7) is 3.37. The minimum Gasteiger partial charge on any atom is -0.326 e. The Morgan fingerprint density at radius 1 is 1.00 bits per heavy atom. The minimum atomic E-state index is -0.0951. The predicted octanol–water partition coefficient (Wildman–Crippen LogP) is 4.78. The SMILES string of the molecule is CC(=O)c1cccc(NC(=O)CCSc2cc(-c3ccccc3)nc(C)n2)c1. The van der Waals surface area contributed by atoms with Crippen molar-refractivity contribution in [3.8, 4) is 11.3 Å². The highest BCUT2D eigenvalue weighted by Gasteiger charge is 2.08. The average molecular weight is 391 g/mol. The predicted molar refractivity (Wildman–Crippen MR) is 113 cm³/mol. The van der Waals surface area contributed by atoms with Crippen LogP contribution in [0, 0.1) is 6.92 Å². The van der Waals surface area contributed by atoms with Gasteiger partial charge in [-0.3, -0.25) is 9.59 Å². The molecule has 0 saturated carbocycles. The van der Waals surface area contributed by atoms with Gasteiger partial charge in [-0.05, 0) is 32.0 Å². The first-order valence-corrected chi connectivity index (χ1v) is 9.94. The number of carbonyl (C=O) groups excluding carboxylic acids is 2. The molecular formula is C22H21N3O2S. The van der Waals surface area contributed by atoms with Crippen LogP contribution in [0.3, 0.4) is 0 Å². The molecular weight excluding hydrogens is 370 g/mol. The summed E-state index contributed by atoms with van der Waals surface area (Å²) in [7, 11) is 0. The van der Waals surface area contributed by atoms with Crippen LogP contribution >= 0.6 is 11.8 Å². The highest BCUT2D eigenvalue weighted by molar-refractivity contribution is 7.99. The number of aromatic nitrogens is 2. The molecule has 0 saturated heterocycles. The average Bonchev–Trinajstić information content (AvgIpc) is 2.68. The summed E-state index contributed by atoms with van der Waals surface area (Å²) in [6.07, 6.45) is 0.346. The van der Waals surface area contributed by atoms with Gasteiger partial charge in [-0.1, -0.05) is 42.5 Å². The molecule has 0 unspecified atom stereocenters. The lowest BCUT2D eigenvalue weighted by Gasteiger charge is -2.08. The van der Waals surface area contributed by atoms with Crippen LogP contribution in [-0.4, -0.2) is 27.4 Å². The highest BCUT2D eigenvalue weighted by Crippen LogP contribution is 2.23. The van der Waals surface area contributed by atoms with Crippen molar-refractivity contribution in [2.24, 2.45) is 0 Å². The Morgan fingerprint density at radius 2 is 1.79 bits per heavy atom. The molecule has 3 rings (SSSR count). The molecule has 1 amide bonds. The third-order valence-electron chi connectivity index (χ3n) is 4.02. The number of amides is 1. The number of thioether (sulfide) groups is 1. The smallest absolute Gasteiger partial charge is 0.225 e. The van der Waals surface area contributed by atoms with Gasteiger partial charge in [0.2, 0.25) is 5.91 Å². The first kappa shape index (κ1) is 19.8. The second kappa shape index (κ2) is 9.28. The molecule has 1 N–H and O–H groups in total. The van der Waals surface area contributed by atoms with E-state index in [1.807, 2.05) is 43.3 Å². The van der Waals surface area contributed by atoms with E-state index in [0.29, 0.717) is 29.2 Å². The molecule has 142 valence electrons. The Hall–Kier alpha value is -2.99. The Morgan fingerprint density at radius 3 is 2.54 bits per heavy atom. The lowest BCUT2D eigenvalue weighted by molar-refractivity contribution is -0.115. The van der Waals surface area contributed by atoms with E-state index < -0.39 is 0 Å². The molecule has 3 aromatic rings. The number of hydrogen-bond donors (Lipinski definition) is 1. The van der Waals surface area contributed by atoms with Crippen molar-refractivity contribution in [1.29, 1.82) is 0 Å². The second-order valence-electron chi connectivity index (χ2n) is 6.29. The maximum Gasteiger partial charge on any atom is 0.225 e. The van der Waals surface area contributed by atoms with Gasteiger partial charge in [0, 0.05) is 29.0 Å². The van der Waals surface area contributed by atoms with Crippen LogP contribution in [0.2, 0.25) is 0 Å². The number of hydrogen-bond acceptors (Lipinski definition) is 5. The maximum absolute atomic E-state index is 12.2. The standard InChI is InChI=1S/C22H21N3O2S/c1-15(26)18-9-6-10-19(13-18)25-21(27)11-12-28-22-14-20(23-16(2)24-22)17-7-4-3-5-8-17/h3-10,13-14H,11-12H2,1-2H3,(H,25,27). The molecule has 0 aliphatic carbocycles. The van der Waals surface area contributed by atoms with Crippen LogP contribution in [0.5, 0.6) is 0 Å². The zero-order valence-electron chi connectivity index (χ0n) is 15.8. The fraction of sp³-hybridized carbons (Fsp3) is 0.182. The Bertz CT molecular complexity index is 990. The van der Waals surface area contributed by atoms with Crippen molar-refractivity contribution >= 4 is 29.1 Å². The van der Waals surface area contributed by atoms with Gasteiger partial charge in [0.1, 0.15) is 10.9 Å². The van der Waals surface area contributed by atoms with Gasteiger partial charge in [0.15, 0.2) is 5.78 Å². The molecule has 0 bridgehead atoms. The van der Waals surface area contributed by atoms with Crippen LogP contribution in [0.4, 0.5) is 5.69 Å². The molecule has 0 spiro atoms. The minimum absolute atomic E-state index is 0.0278. The van der Waals surface area contributed by atoms with E-state index in [-0.39, 0.29) is 11.7 Å². The van der Waals surface area contributed by atoms with E-state index in [2.05, 4.69) is 15.3 Å². The summed E-state index contributed by atoms with van der Waals surface area (Å²) in [5.74, 6) is 1.18. The van der Waals surface area contributed by atoms with Gasteiger partial charge in [0.05, 0.1) is 5.69 Å². The number of rotatable bonds is 7. The number of ketones is 1. The molecule has 0 aliphatic rings. The van der Waals surface area contributed by atoms with Crippen molar-refractivity contribution in [2.45, 2.75) is 25.3 Å².